The molecule has 0 aliphatic carbocycles. The normalized spacial score (nSPS) is 12.9. The Balaban J connectivity index is 0.000000224. The zero-order chi connectivity index (χ0) is 36.1. The van der Waals surface area contributed by atoms with Gasteiger partial charge in [0.05, 0.1) is 33.5 Å². The third kappa shape index (κ3) is 10.9. The fourth-order valence-corrected chi connectivity index (χ4v) is 6.70. The van der Waals surface area contributed by atoms with Crippen LogP contribution >= 0.6 is 13.5 Å². The second-order valence-corrected chi connectivity index (χ2v) is 13.4. The van der Waals surface area contributed by atoms with E-state index in [1.165, 1.54) is 24.5 Å². The molecule has 272 valence electrons. The van der Waals surface area contributed by atoms with Crippen LogP contribution in [0.5, 0.6) is 11.5 Å². The molecule has 2 unspecified atom stereocenters. The Bertz CT molecular complexity index is 1850. The van der Waals surface area contributed by atoms with Crippen molar-refractivity contribution in [3.8, 4) is 11.5 Å². The summed E-state index contributed by atoms with van der Waals surface area (Å²) in [5, 5.41) is 0.591. The van der Waals surface area contributed by atoms with Gasteiger partial charge >= 0.3 is 22.7 Å². The molecular weight excluding hydrogens is 743 g/mol. The first-order valence-electron chi connectivity index (χ1n) is 14.6. The SMILES string of the molecule is Cc1c(OCC(F)(F)F)ccnc1C[S+]([O-])c1nc2ccccc2[nH]1.Cc1c(OCC(F)(F)F)ccnc1C[S+]([O-])c1nc2ccccc2[nH]1.S. The Labute approximate surface area is 300 Å². The predicted octanol–water partition coefficient (Wildman–Crippen LogP) is 7.14. The van der Waals surface area contributed by atoms with Crippen LogP contribution in [0.1, 0.15) is 22.5 Å². The number of rotatable bonds is 10. The van der Waals surface area contributed by atoms with Gasteiger partial charge in [0.2, 0.25) is 0 Å². The molecule has 2 atom stereocenters. The van der Waals surface area contributed by atoms with Crippen LogP contribution in [0.2, 0.25) is 0 Å². The van der Waals surface area contributed by atoms with E-state index in [-0.39, 0.29) is 36.5 Å². The molecule has 2 N–H and O–H groups in total. The molecule has 4 aromatic heterocycles. The molecular formula is C32H30F6N6O4S3. The molecule has 0 bridgehead atoms. The first-order chi connectivity index (χ1) is 23.7. The Morgan fingerprint density at radius 1 is 0.627 bits per heavy atom. The summed E-state index contributed by atoms with van der Waals surface area (Å²) in [4.78, 5) is 22.7. The summed E-state index contributed by atoms with van der Waals surface area (Å²) in [5.41, 5.74) is 4.57. The van der Waals surface area contributed by atoms with E-state index in [2.05, 4.69) is 29.9 Å². The van der Waals surface area contributed by atoms with Crippen LogP contribution in [0, 0.1) is 13.8 Å². The molecule has 0 aliphatic rings. The summed E-state index contributed by atoms with van der Waals surface area (Å²) in [6.45, 7) is 0.404. The summed E-state index contributed by atoms with van der Waals surface area (Å²) < 4.78 is 108. The smallest absolute Gasteiger partial charge is 0.422 e. The second-order valence-electron chi connectivity index (χ2n) is 10.7. The number of hydrogen-bond acceptors (Lipinski definition) is 8. The molecule has 19 heteroatoms. The minimum absolute atomic E-state index is 0. The van der Waals surface area contributed by atoms with Crippen LogP contribution in [-0.2, 0) is 33.9 Å². The Morgan fingerprint density at radius 2 is 1.00 bits per heavy atom. The van der Waals surface area contributed by atoms with Gasteiger partial charge in [0.25, 0.3) is 0 Å². The Morgan fingerprint density at radius 3 is 1.35 bits per heavy atom. The molecule has 0 aliphatic heterocycles. The van der Waals surface area contributed by atoms with Crippen molar-refractivity contribution in [1.29, 1.82) is 0 Å². The number of aromatic nitrogens is 6. The Hall–Kier alpha value is -4.17. The van der Waals surface area contributed by atoms with E-state index in [1.807, 2.05) is 36.4 Å². The number of benzene rings is 2. The number of ether oxygens (including phenoxy) is 2. The molecule has 0 radical (unpaired) electrons. The van der Waals surface area contributed by atoms with Crippen molar-refractivity contribution in [3.63, 3.8) is 0 Å². The number of nitrogens with one attached hydrogen (secondary N) is 2. The average Bonchev–Trinajstić information content (AvgIpc) is 3.70. The summed E-state index contributed by atoms with van der Waals surface area (Å²) in [6, 6.07) is 17.2. The van der Waals surface area contributed by atoms with Crippen molar-refractivity contribution < 1.29 is 44.9 Å². The highest BCUT2D eigenvalue weighted by Crippen LogP contribution is 2.27. The predicted molar refractivity (Wildman–Crippen MR) is 184 cm³/mol. The van der Waals surface area contributed by atoms with Crippen molar-refractivity contribution in [3.05, 3.63) is 95.6 Å². The molecule has 6 rings (SSSR count). The number of hydrogen-bond donors (Lipinski definition) is 2. The zero-order valence-corrected chi connectivity index (χ0v) is 29.4. The van der Waals surface area contributed by atoms with E-state index in [4.69, 9.17) is 9.47 Å². The van der Waals surface area contributed by atoms with Crippen molar-refractivity contribution >= 4 is 57.9 Å². The maximum atomic E-state index is 12.5. The number of aromatic amines is 2. The molecule has 0 saturated carbocycles. The molecule has 0 saturated heterocycles. The highest BCUT2D eigenvalue weighted by molar-refractivity contribution is 7.90. The molecule has 6 aromatic rings. The number of H-pyrrole nitrogens is 2. The maximum Gasteiger partial charge on any atom is 0.422 e. The monoisotopic (exact) mass is 772 g/mol. The van der Waals surface area contributed by atoms with Gasteiger partial charge in [-0.1, -0.05) is 24.3 Å². The van der Waals surface area contributed by atoms with E-state index in [0.29, 0.717) is 43.9 Å². The first-order valence-corrected chi connectivity index (χ1v) is 17.2. The maximum absolute atomic E-state index is 12.5. The van der Waals surface area contributed by atoms with E-state index < -0.39 is 47.9 Å². The molecule has 0 amide bonds. The van der Waals surface area contributed by atoms with Crippen LogP contribution in [0.25, 0.3) is 22.1 Å². The topological polar surface area (TPSA) is 148 Å². The van der Waals surface area contributed by atoms with Crippen molar-refractivity contribution in [1.82, 2.24) is 29.9 Å². The van der Waals surface area contributed by atoms with E-state index >= 15 is 0 Å². The highest BCUT2D eigenvalue weighted by Gasteiger charge is 2.30. The van der Waals surface area contributed by atoms with Gasteiger partial charge in [0.1, 0.15) is 11.5 Å². The highest BCUT2D eigenvalue weighted by atomic mass is 32.2. The van der Waals surface area contributed by atoms with Gasteiger partial charge in [-0.15, -0.1) is 0 Å². The number of halogens is 6. The van der Waals surface area contributed by atoms with Gasteiger partial charge < -0.3 is 18.6 Å². The zero-order valence-electron chi connectivity index (χ0n) is 26.8. The first kappa shape index (κ1) is 39.6. The van der Waals surface area contributed by atoms with Gasteiger partial charge in [-0.3, -0.25) is 19.9 Å². The largest absolute Gasteiger partial charge is 0.609 e. The lowest BCUT2D eigenvalue weighted by molar-refractivity contribution is -0.154. The number of nitrogens with zero attached hydrogens (tertiary/aromatic N) is 4. The van der Waals surface area contributed by atoms with Crippen molar-refractivity contribution in [2.45, 2.75) is 48.0 Å². The van der Waals surface area contributed by atoms with Gasteiger partial charge in [-0.25, -0.2) is 0 Å². The van der Waals surface area contributed by atoms with Crippen LogP contribution in [0.4, 0.5) is 26.3 Å². The van der Waals surface area contributed by atoms with Crippen LogP contribution in [0.15, 0.2) is 83.4 Å². The minimum atomic E-state index is -4.42. The molecule has 10 nitrogen and oxygen atoms in total. The van der Waals surface area contributed by atoms with Gasteiger partial charge in [-0.2, -0.15) is 49.8 Å². The quantitative estimate of drug-likeness (QED) is 0.110. The fraction of sp³-hybridized carbons (Fsp3) is 0.250. The second kappa shape index (κ2) is 16.9. The standard InChI is InChI=1S/2C16H14F3N3O2S.H2S/c2*1-10-13(20-7-6-14(10)24-9-16(17,18)19)8-25(23)15-21-11-4-2-3-5-12(11)22-15;/h2*2-7H,8-9H2,1H3,(H,21,22);1H2. The number of alkyl halides is 6. The summed E-state index contributed by atoms with van der Waals surface area (Å²) in [6.07, 6.45) is -6.17. The molecule has 2 aromatic carbocycles. The van der Waals surface area contributed by atoms with E-state index in [9.17, 15) is 35.4 Å². The van der Waals surface area contributed by atoms with E-state index in [0.717, 1.165) is 11.0 Å². The lowest BCUT2D eigenvalue weighted by atomic mass is 10.2. The lowest BCUT2D eigenvalue weighted by Gasteiger charge is -2.14. The third-order valence-corrected chi connectivity index (χ3v) is 9.32. The van der Waals surface area contributed by atoms with Crippen molar-refractivity contribution in [2.75, 3.05) is 13.2 Å². The van der Waals surface area contributed by atoms with Gasteiger partial charge in [-0.05, 0) is 50.2 Å². The molecule has 0 spiro atoms. The van der Waals surface area contributed by atoms with Gasteiger partial charge in [0.15, 0.2) is 24.7 Å². The molecule has 0 fully saturated rings. The summed E-state index contributed by atoms with van der Waals surface area (Å²) in [5.74, 6) is 0.192. The van der Waals surface area contributed by atoms with Crippen LogP contribution < -0.4 is 9.47 Å². The van der Waals surface area contributed by atoms with Crippen LogP contribution in [0.3, 0.4) is 0 Å². The minimum Gasteiger partial charge on any atom is -0.609 e. The fourth-order valence-electron chi connectivity index (χ4n) is 4.50. The Kier molecular flexibility index (Phi) is 13.1. The summed E-state index contributed by atoms with van der Waals surface area (Å²) in [7, 11) is 0. The lowest BCUT2D eigenvalue weighted by Crippen LogP contribution is -2.20. The average molecular weight is 773 g/mol. The number of pyridine rings is 2. The molecule has 51 heavy (non-hydrogen) atoms. The number of fused-ring (bicyclic) bond motifs is 2. The third-order valence-electron chi connectivity index (χ3n) is 7.00. The molecule has 4 heterocycles. The number of para-hydroxylation sites is 4. The van der Waals surface area contributed by atoms with Crippen molar-refractivity contribution in [2.24, 2.45) is 0 Å². The van der Waals surface area contributed by atoms with E-state index in [1.54, 1.807) is 26.0 Å². The number of imidazole rings is 2. The van der Waals surface area contributed by atoms with Gasteiger partial charge in [0, 0.05) is 45.9 Å². The summed E-state index contributed by atoms with van der Waals surface area (Å²) >= 11 is -3.03. The van der Waals surface area contributed by atoms with Crippen LogP contribution in [-0.4, -0.2) is 64.6 Å².